The molecule has 2 atom stereocenters. The Morgan fingerprint density at radius 1 is 1.05 bits per heavy atom. The Bertz CT molecular complexity index is 1400. The predicted octanol–water partition coefficient (Wildman–Crippen LogP) is 3.17. The molecule has 0 bridgehead atoms. The van der Waals surface area contributed by atoms with Crippen molar-refractivity contribution in [3.63, 3.8) is 0 Å². The van der Waals surface area contributed by atoms with E-state index in [1.165, 1.54) is 59.6 Å². The van der Waals surface area contributed by atoms with Crippen molar-refractivity contribution in [1.82, 2.24) is 9.62 Å². The van der Waals surface area contributed by atoms with E-state index in [1.807, 2.05) is 6.92 Å². The quantitative estimate of drug-likeness (QED) is 0.427. The molecule has 0 saturated carbocycles. The molecule has 1 fully saturated rings. The van der Waals surface area contributed by atoms with Crippen molar-refractivity contribution >= 4 is 39.6 Å². The number of aryl methyl sites for hydroxylation is 1. The number of hydrogen-bond acceptors (Lipinski definition) is 9. The molecule has 0 aromatic heterocycles. The maximum atomic E-state index is 14.1. The summed E-state index contributed by atoms with van der Waals surface area (Å²) in [5, 5.41) is 2.24. The molecule has 2 aromatic rings. The normalized spacial score (nSPS) is 16.3. The zero-order chi connectivity index (χ0) is 31.2. The van der Waals surface area contributed by atoms with Gasteiger partial charge in [-0.2, -0.15) is 4.31 Å². The number of anilines is 1. The smallest absolute Gasteiger partial charge is 0.413 e. The molecule has 2 aromatic carbocycles. The van der Waals surface area contributed by atoms with E-state index in [1.54, 1.807) is 32.9 Å². The van der Waals surface area contributed by atoms with Crippen LogP contribution >= 0.6 is 0 Å². The number of hydrogen-bond donors (Lipinski definition) is 1. The molecule has 1 N–H and O–H groups in total. The Hall–Kier alpha value is -3.97. The third-order valence-electron chi connectivity index (χ3n) is 6.42. The summed E-state index contributed by atoms with van der Waals surface area (Å²) in [6.07, 6.45) is -0.168. The number of amides is 2. The number of nitrogens with zero attached hydrogens (tertiary/aromatic N) is 2. The zero-order valence-corrected chi connectivity index (χ0v) is 25.4. The van der Waals surface area contributed by atoms with Crippen LogP contribution in [0, 0.1) is 6.92 Å². The van der Waals surface area contributed by atoms with Gasteiger partial charge in [0.15, 0.2) is 0 Å². The first-order valence-electron chi connectivity index (χ1n) is 13.4. The summed E-state index contributed by atoms with van der Waals surface area (Å²) in [6, 6.07) is 9.97. The van der Waals surface area contributed by atoms with E-state index in [-0.39, 0.29) is 35.8 Å². The largest absolute Gasteiger partial charge is 0.468 e. The molecule has 3 rings (SSSR count). The zero-order valence-electron chi connectivity index (χ0n) is 24.6. The van der Waals surface area contributed by atoms with Crippen LogP contribution in [0.5, 0.6) is 5.75 Å². The number of carbonyl (C=O) groups is 4. The molecule has 0 spiro atoms. The van der Waals surface area contributed by atoms with Crippen LogP contribution in [0.2, 0.25) is 0 Å². The molecular weight excluding hydrogens is 566 g/mol. The van der Waals surface area contributed by atoms with Crippen molar-refractivity contribution in [2.24, 2.45) is 0 Å². The second-order valence-corrected chi connectivity index (χ2v) is 12.7. The van der Waals surface area contributed by atoms with Crippen LogP contribution < -0.4 is 15.0 Å². The van der Waals surface area contributed by atoms with Gasteiger partial charge < -0.3 is 19.5 Å². The number of sulfonamides is 1. The Balaban J connectivity index is 1.92. The number of ether oxygens (including phenoxy) is 3. The number of benzene rings is 2. The molecule has 0 aliphatic carbocycles. The van der Waals surface area contributed by atoms with Gasteiger partial charge in [0.25, 0.3) is 0 Å². The maximum absolute atomic E-state index is 14.1. The van der Waals surface area contributed by atoms with Crippen molar-refractivity contribution in [1.29, 1.82) is 0 Å². The Kier molecular flexibility index (Phi) is 10.3. The topological polar surface area (TPSA) is 149 Å². The summed E-state index contributed by atoms with van der Waals surface area (Å²) >= 11 is 0. The van der Waals surface area contributed by atoms with Crippen LogP contribution in [-0.4, -0.2) is 74.5 Å². The van der Waals surface area contributed by atoms with Gasteiger partial charge in [-0.05, 0) is 83.9 Å². The monoisotopic (exact) mass is 603 g/mol. The van der Waals surface area contributed by atoms with E-state index < -0.39 is 51.6 Å². The first-order chi connectivity index (χ1) is 19.6. The lowest BCUT2D eigenvalue weighted by Crippen LogP contribution is -2.53. The van der Waals surface area contributed by atoms with Crippen LogP contribution in [0.3, 0.4) is 0 Å². The average molecular weight is 604 g/mol. The fourth-order valence-corrected chi connectivity index (χ4v) is 6.00. The Labute approximate surface area is 246 Å². The van der Waals surface area contributed by atoms with E-state index >= 15 is 0 Å². The molecular formula is C29H37N3O9S. The highest BCUT2D eigenvalue weighted by atomic mass is 32.2. The molecule has 228 valence electrons. The summed E-state index contributed by atoms with van der Waals surface area (Å²) in [5.41, 5.74) is 0.331. The van der Waals surface area contributed by atoms with Crippen molar-refractivity contribution in [3.8, 4) is 5.75 Å². The lowest BCUT2D eigenvalue weighted by atomic mass is 10.1. The van der Waals surface area contributed by atoms with Crippen LogP contribution in [0.4, 0.5) is 10.5 Å². The molecule has 1 saturated heterocycles. The predicted molar refractivity (Wildman–Crippen MR) is 153 cm³/mol. The molecule has 12 nitrogen and oxygen atoms in total. The molecule has 1 aliphatic rings. The second kappa shape index (κ2) is 13.3. The fourth-order valence-electron chi connectivity index (χ4n) is 4.35. The van der Waals surface area contributed by atoms with Crippen molar-refractivity contribution < 1.29 is 41.8 Å². The minimum Gasteiger partial charge on any atom is -0.468 e. The highest BCUT2D eigenvalue weighted by Crippen LogP contribution is 2.31. The molecule has 0 unspecified atom stereocenters. The van der Waals surface area contributed by atoms with E-state index in [0.717, 1.165) is 5.56 Å². The molecule has 2 amide bonds. The summed E-state index contributed by atoms with van der Waals surface area (Å²) in [7, 11) is -2.82. The lowest BCUT2D eigenvalue weighted by Gasteiger charge is -2.34. The number of nitrogens with one attached hydrogen (secondary N) is 1. The van der Waals surface area contributed by atoms with E-state index in [2.05, 4.69) is 10.1 Å². The summed E-state index contributed by atoms with van der Waals surface area (Å²) in [5.74, 6) is -1.82. The van der Waals surface area contributed by atoms with Gasteiger partial charge in [0.1, 0.15) is 30.0 Å². The highest BCUT2D eigenvalue weighted by Gasteiger charge is 2.44. The minimum atomic E-state index is -4.00. The van der Waals surface area contributed by atoms with Gasteiger partial charge in [-0.1, -0.05) is 17.7 Å². The number of esters is 2. The highest BCUT2D eigenvalue weighted by molar-refractivity contribution is 7.89. The van der Waals surface area contributed by atoms with Crippen molar-refractivity contribution in [2.45, 2.75) is 70.0 Å². The van der Waals surface area contributed by atoms with Gasteiger partial charge in [0.05, 0.1) is 12.0 Å². The third kappa shape index (κ3) is 8.07. The maximum Gasteiger partial charge on any atom is 0.413 e. The Morgan fingerprint density at radius 2 is 1.67 bits per heavy atom. The van der Waals surface area contributed by atoms with E-state index in [4.69, 9.17) is 9.47 Å². The van der Waals surface area contributed by atoms with E-state index in [0.29, 0.717) is 6.42 Å². The molecule has 1 aliphatic heterocycles. The van der Waals surface area contributed by atoms with Crippen molar-refractivity contribution in [3.05, 3.63) is 54.1 Å². The number of rotatable bonds is 9. The van der Waals surface area contributed by atoms with Crippen LogP contribution in [-0.2, 0) is 33.9 Å². The first kappa shape index (κ1) is 32.5. The third-order valence-corrected chi connectivity index (χ3v) is 8.34. The van der Waals surface area contributed by atoms with E-state index in [9.17, 15) is 27.6 Å². The van der Waals surface area contributed by atoms with Gasteiger partial charge in [0.2, 0.25) is 15.9 Å². The van der Waals surface area contributed by atoms with Crippen LogP contribution in [0.1, 0.15) is 46.1 Å². The Morgan fingerprint density at radius 3 is 2.24 bits per heavy atom. The summed E-state index contributed by atoms with van der Waals surface area (Å²) < 4.78 is 43.4. The molecule has 42 heavy (non-hydrogen) atoms. The second-order valence-electron chi connectivity index (χ2n) is 10.8. The average Bonchev–Trinajstić information content (AvgIpc) is 3.43. The van der Waals surface area contributed by atoms with Gasteiger partial charge in [0, 0.05) is 12.2 Å². The molecule has 13 heteroatoms. The summed E-state index contributed by atoms with van der Waals surface area (Å²) in [6.45, 7) is 8.22. The standard InChI is InChI=1S/C29H37N3O9S/c1-19-9-15-23(16-10-19)42(37,38)31-17-7-8-24(31)26(34)32(20(2)27(35)41-29(3,4)5)21-11-13-22(14-12-21)40-28(36)30-18-25(33)39-6/h9-16,20,24H,7-8,17-18H2,1-6H3,(H,30,36)/t20-,24-/m0/s1. The van der Waals surface area contributed by atoms with Gasteiger partial charge in [-0.3, -0.25) is 14.5 Å². The summed E-state index contributed by atoms with van der Waals surface area (Å²) in [4.78, 5) is 51.8. The molecule has 0 radical (unpaired) electrons. The molecule has 1 heterocycles. The lowest BCUT2D eigenvalue weighted by molar-refractivity contribution is -0.157. The SMILES string of the molecule is COC(=O)CNC(=O)Oc1ccc(N(C(=O)[C@@H]2CCCN2S(=O)(=O)c2ccc(C)cc2)[C@@H](C)C(=O)OC(C)(C)C)cc1. The van der Waals surface area contributed by atoms with Gasteiger partial charge >= 0.3 is 18.0 Å². The van der Waals surface area contributed by atoms with Crippen LogP contribution in [0.25, 0.3) is 0 Å². The van der Waals surface area contributed by atoms with Crippen LogP contribution in [0.15, 0.2) is 53.4 Å². The first-order valence-corrected chi connectivity index (χ1v) is 14.8. The van der Waals surface area contributed by atoms with Gasteiger partial charge in [-0.15, -0.1) is 0 Å². The fraction of sp³-hybridized carbons (Fsp3) is 0.448. The minimum absolute atomic E-state index is 0.0755. The van der Waals surface area contributed by atoms with Gasteiger partial charge in [-0.25, -0.2) is 18.0 Å². The number of carbonyl (C=O) groups excluding carboxylic acids is 4. The number of methoxy groups -OCH3 is 1. The van der Waals surface area contributed by atoms with Crippen molar-refractivity contribution in [2.75, 3.05) is 25.1 Å².